The molecule has 96 valence electrons. The van der Waals surface area contributed by atoms with Gasteiger partial charge in [-0.1, -0.05) is 12.1 Å². The number of nitrogen functional groups attached to an aromatic ring is 1. The summed E-state index contributed by atoms with van der Waals surface area (Å²) in [5.41, 5.74) is 7.40. The van der Waals surface area contributed by atoms with E-state index >= 15 is 0 Å². The summed E-state index contributed by atoms with van der Waals surface area (Å²) in [7, 11) is 0. The molecular formula is C13H16N2O3. The molecule has 0 aliphatic heterocycles. The van der Waals surface area contributed by atoms with E-state index in [0.717, 1.165) is 5.56 Å². The smallest absolute Gasteiger partial charge is 0.326 e. The first-order valence-corrected chi connectivity index (χ1v) is 5.46. The van der Waals surface area contributed by atoms with Gasteiger partial charge in [0.05, 0.1) is 0 Å². The lowest BCUT2D eigenvalue weighted by Crippen LogP contribution is -2.40. The Kier molecular flexibility index (Phi) is 4.48. The normalized spacial score (nSPS) is 11.6. The number of rotatable bonds is 5. The van der Waals surface area contributed by atoms with Crippen LogP contribution in [0.4, 0.5) is 5.69 Å². The Bertz CT molecular complexity index is 483. The third-order valence-electron chi connectivity index (χ3n) is 2.55. The van der Waals surface area contributed by atoms with Gasteiger partial charge < -0.3 is 16.2 Å². The second kappa shape index (κ2) is 5.86. The van der Waals surface area contributed by atoms with Gasteiger partial charge in [0, 0.05) is 11.3 Å². The fraction of sp³-hybridized carbons (Fsp3) is 0.231. The number of aliphatic carboxylic acids is 1. The fourth-order valence-electron chi connectivity index (χ4n) is 1.41. The third-order valence-corrected chi connectivity index (χ3v) is 2.55. The summed E-state index contributed by atoms with van der Waals surface area (Å²) in [5.74, 6) is -1.56. The van der Waals surface area contributed by atoms with E-state index in [1.165, 1.54) is 12.1 Å². The highest BCUT2D eigenvalue weighted by Crippen LogP contribution is 2.13. The lowest BCUT2D eigenvalue weighted by Gasteiger charge is -2.13. The quantitative estimate of drug-likeness (QED) is 0.541. The van der Waals surface area contributed by atoms with Crippen molar-refractivity contribution in [3.63, 3.8) is 0 Å². The first-order valence-electron chi connectivity index (χ1n) is 5.46. The maximum Gasteiger partial charge on any atom is 0.326 e. The molecule has 1 rings (SSSR count). The van der Waals surface area contributed by atoms with Crippen molar-refractivity contribution in [2.75, 3.05) is 5.73 Å². The number of carboxylic acid groups (broad SMARTS) is 1. The van der Waals surface area contributed by atoms with Gasteiger partial charge in [0.2, 0.25) is 0 Å². The van der Waals surface area contributed by atoms with Crippen LogP contribution >= 0.6 is 0 Å². The van der Waals surface area contributed by atoms with E-state index in [1.54, 1.807) is 12.1 Å². The van der Waals surface area contributed by atoms with Crippen LogP contribution in [0.1, 0.15) is 22.3 Å². The summed E-state index contributed by atoms with van der Waals surface area (Å²) in [4.78, 5) is 22.7. The molecule has 0 aliphatic carbocycles. The second-order valence-electron chi connectivity index (χ2n) is 3.96. The van der Waals surface area contributed by atoms with E-state index in [2.05, 4.69) is 11.9 Å². The molecule has 0 aromatic heterocycles. The number of carboxylic acids is 1. The van der Waals surface area contributed by atoms with Crippen LogP contribution in [0.2, 0.25) is 0 Å². The molecule has 4 N–H and O–H groups in total. The number of carbonyl (C=O) groups is 2. The molecule has 0 bridgehead atoms. The summed E-state index contributed by atoms with van der Waals surface area (Å²) in [6.45, 7) is 5.28. The van der Waals surface area contributed by atoms with E-state index in [-0.39, 0.29) is 6.42 Å². The minimum atomic E-state index is -1.09. The Hall–Kier alpha value is -2.30. The third kappa shape index (κ3) is 3.35. The van der Waals surface area contributed by atoms with Crippen LogP contribution in [-0.4, -0.2) is 23.0 Å². The van der Waals surface area contributed by atoms with Gasteiger partial charge in [0.15, 0.2) is 0 Å². The Labute approximate surface area is 105 Å². The standard InChI is InChI=1S/C13H16N2O3/c1-3-4-11(13(17)18)15-12(16)9-6-5-8(2)10(14)7-9/h3,5-7,11H,1,4,14H2,2H3,(H,15,16)(H,17,18). The molecule has 0 saturated carbocycles. The number of nitrogens with two attached hydrogens (primary N) is 1. The van der Waals surface area contributed by atoms with Gasteiger partial charge in [-0.3, -0.25) is 4.79 Å². The van der Waals surface area contributed by atoms with Crippen molar-refractivity contribution in [3.8, 4) is 0 Å². The van der Waals surface area contributed by atoms with Crippen LogP contribution in [0, 0.1) is 6.92 Å². The van der Waals surface area contributed by atoms with Gasteiger partial charge in [0.1, 0.15) is 6.04 Å². The summed E-state index contributed by atoms with van der Waals surface area (Å²) in [6.07, 6.45) is 1.62. The highest BCUT2D eigenvalue weighted by molar-refractivity contribution is 5.97. The SMILES string of the molecule is C=CCC(NC(=O)c1ccc(C)c(N)c1)C(=O)O. The summed E-state index contributed by atoms with van der Waals surface area (Å²) >= 11 is 0. The zero-order valence-electron chi connectivity index (χ0n) is 10.1. The molecular weight excluding hydrogens is 232 g/mol. The molecule has 0 heterocycles. The molecule has 1 aromatic carbocycles. The van der Waals surface area contributed by atoms with E-state index in [4.69, 9.17) is 10.8 Å². The molecule has 0 spiro atoms. The molecule has 0 fully saturated rings. The van der Waals surface area contributed by atoms with Gasteiger partial charge in [0.25, 0.3) is 5.91 Å². The van der Waals surface area contributed by atoms with Crippen molar-refractivity contribution in [2.24, 2.45) is 0 Å². The summed E-state index contributed by atoms with van der Waals surface area (Å²) in [6, 6.07) is 3.87. The first kappa shape index (κ1) is 13.8. The minimum absolute atomic E-state index is 0.169. The zero-order valence-corrected chi connectivity index (χ0v) is 10.1. The van der Waals surface area contributed by atoms with E-state index < -0.39 is 17.9 Å². The average Bonchev–Trinajstić information content (AvgIpc) is 2.31. The second-order valence-corrected chi connectivity index (χ2v) is 3.96. The highest BCUT2D eigenvalue weighted by Gasteiger charge is 2.19. The van der Waals surface area contributed by atoms with Gasteiger partial charge in [-0.2, -0.15) is 0 Å². The van der Waals surface area contributed by atoms with Crippen molar-refractivity contribution in [2.45, 2.75) is 19.4 Å². The van der Waals surface area contributed by atoms with Crippen LogP contribution in [0.5, 0.6) is 0 Å². The predicted octanol–water partition coefficient (Wildman–Crippen LogP) is 1.34. The Morgan fingerprint density at radius 2 is 2.22 bits per heavy atom. The van der Waals surface area contributed by atoms with Crippen LogP contribution in [0.25, 0.3) is 0 Å². The molecule has 0 saturated heterocycles. The monoisotopic (exact) mass is 248 g/mol. The molecule has 18 heavy (non-hydrogen) atoms. The number of amides is 1. The fourth-order valence-corrected chi connectivity index (χ4v) is 1.41. The summed E-state index contributed by atoms with van der Waals surface area (Å²) < 4.78 is 0. The molecule has 1 aromatic rings. The van der Waals surface area contributed by atoms with Gasteiger partial charge in [-0.05, 0) is 31.0 Å². The number of carbonyl (C=O) groups excluding carboxylic acids is 1. The average molecular weight is 248 g/mol. The minimum Gasteiger partial charge on any atom is -0.480 e. The molecule has 1 amide bonds. The van der Waals surface area contributed by atoms with Crippen LogP contribution in [0.3, 0.4) is 0 Å². The Balaban J connectivity index is 2.83. The largest absolute Gasteiger partial charge is 0.480 e. The maximum absolute atomic E-state index is 11.8. The number of hydrogen-bond donors (Lipinski definition) is 3. The summed E-state index contributed by atoms with van der Waals surface area (Å²) in [5, 5.41) is 11.3. The van der Waals surface area contributed by atoms with Crippen molar-refractivity contribution < 1.29 is 14.7 Å². The van der Waals surface area contributed by atoms with Gasteiger partial charge in [-0.25, -0.2) is 4.79 Å². The number of hydrogen-bond acceptors (Lipinski definition) is 3. The number of nitrogens with one attached hydrogen (secondary N) is 1. The molecule has 1 atom stereocenters. The zero-order chi connectivity index (χ0) is 13.7. The van der Waals surface area contributed by atoms with Gasteiger partial charge in [-0.15, -0.1) is 6.58 Å². The lowest BCUT2D eigenvalue weighted by atomic mass is 10.1. The molecule has 5 nitrogen and oxygen atoms in total. The molecule has 0 radical (unpaired) electrons. The van der Waals surface area contributed by atoms with E-state index in [0.29, 0.717) is 11.3 Å². The van der Waals surface area contributed by atoms with Crippen molar-refractivity contribution >= 4 is 17.6 Å². The number of aryl methyl sites for hydroxylation is 1. The van der Waals surface area contributed by atoms with Crippen molar-refractivity contribution in [3.05, 3.63) is 42.0 Å². The number of benzene rings is 1. The lowest BCUT2D eigenvalue weighted by molar-refractivity contribution is -0.139. The Morgan fingerprint density at radius 1 is 1.56 bits per heavy atom. The topological polar surface area (TPSA) is 92.4 Å². The molecule has 1 unspecified atom stereocenters. The Morgan fingerprint density at radius 3 is 2.72 bits per heavy atom. The predicted molar refractivity (Wildman–Crippen MR) is 69.3 cm³/mol. The van der Waals surface area contributed by atoms with Crippen LogP contribution in [0.15, 0.2) is 30.9 Å². The first-order chi connectivity index (χ1) is 8.45. The van der Waals surface area contributed by atoms with E-state index in [9.17, 15) is 9.59 Å². The molecule has 5 heteroatoms. The van der Waals surface area contributed by atoms with E-state index in [1.807, 2.05) is 6.92 Å². The highest BCUT2D eigenvalue weighted by atomic mass is 16.4. The molecule has 0 aliphatic rings. The maximum atomic E-state index is 11.8. The number of anilines is 1. The van der Waals surface area contributed by atoms with Crippen molar-refractivity contribution in [1.29, 1.82) is 0 Å². The van der Waals surface area contributed by atoms with Crippen LogP contribution < -0.4 is 11.1 Å². The van der Waals surface area contributed by atoms with Crippen LogP contribution in [-0.2, 0) is 4.79 Å². The van der Waals surface area contributed by atoms with Crippen molar-refractivity contribution in [1.82, 2.24) is 5.32 Å². The van der Waals surface area contributed by atoms with Gasteiger partial charge >= 0.3 is 5.97 Å².